The van der Waals surface area contributed by atoms with E-state index in [9.17, 15) is 0 Å². The number of benzene rings is 1. The highest BCUT2D eigenvalue weighted by Crippen LogP contribution is 2.20. The van der Waals surface area contributed by atoms with Crippen LogP contribution in [0.2, 0.25) is 0 Å². The molecule has 0 bridgehead atoms. The number of hydrogen-bond donors (Lipinski definition) is 2. The molecule has 0 aliphatic heterocycles. The van der Waals surface area contributed by atoms with Gasteiger partial charge in [-0.15, -0.1) is 11.8 Å². The maximum Gasteiger partial charge on any atom is 0.0449 e. The molecule has 1 atom stereocenters. The van der Waals surface area contributed by atoms with Gasteiger partial charge in [0, 0.05) is 17.5 Å². The summed E-state index contributed by atoms with van der Waals surface area (Å²) >= 11 is 1.75. The average Bonchev–Trinajstić information content (AvgIpc) is 2.35. The zero-order valence-corrected chi connectivity index (χ0v) is 10.9. The summed E-state index contributed by atoms with van der Waals surface area (Å²) < 4.78 is 0. The van der Waals surface area contributed by atoms with Crippen LogP contribution in [-0.4, -0.2) is 24.5 Å². The quantitative estimate of drug-likeness (QED) is 0.718. The maximum atomic E-state index is 9.05. The van der Waals surface area contributed by atoms with Crippen molar-refractivity contribution in [2.75, 3.05) is 19.4 Å². The van der Waals surface area contributed by atoms with Crippen molar-refractivity contribution in [1.82, 2.24) is 5.32 Å². The largest absolute Gasteiger partial charge is 0.396 e. The normalized spacial score (nSPS) is 12.7. The van der Waals surface area contributed by atoms with Crippen LogP contribution in [0.5, 0.6) is 0 Å². The van der Waals surface area contributed by atoms with Gasteiger partial charge in [0.05, 0.1) is 0 Å². The zero-order chi connectivity index (χ0) is 11.8. The highest BCUT2D eigenvalue weighted by Gasteiger charge is 2.09. The van der Waals surface area contributed by atoms with Gasteiger partial charge in [-0.25, -0.2) is 0 Å². The summed E-state index contributed by atoms with van der Waals surface area (Å²) in [7, 11) is 0. The van der Waals surface area contributed by atoms with Gasteiger partial charge in [-0.3, -0.25) is 0 Å². The number of aliphatic hydroxyl groups excluding tert-OH is 1. The average molecular weight is 239 g/mol. The standard InChI is InChI=1S/C13H21NOS/c1-3-9-14-13(8-10-15)11-4-6-12(16-2)7-5-11/h4-7,13-15H,3,8-10H2,1-2H3. The Labute approximate surface area is 102 Å². The molecule has 0 aliphatic carbocycles. The van der Waals surface area contributed by atoms with Gasteiger partial charge in [0.2, 0.25) is 0 Å². The number of nitrogens with one attached hydrogen (secondary N) is 1. The molecule has 0 amide bonds. The molecule has 0 aliphatic rings. The highest BCUT2D eigenvalue weighted by molar-refractivity contribution is 7.98. The lowest BCUT2D eigenvalue weighted by Crippen LogP contribution is -2.23. The van der Waals surface area contributed by atoms with Gasteiger partial charge >= 0.3 is 0 Å². The van der Waals surface area contributed by atoms with E-state index in [1.807, 2.05) is 0 Å². The summed E-state index contributed by atoms with van der Waals surface area (Å²) in [5.41, 5.74) is 1.26. The second-order valence-electron chi connectivity index (χ2n) is 3.79. The van der Waals surface area contributed by atoms with Crippen molar-refractivity contribution in [3.8, 4) is 0 Å². The van der Waals surface area contributed by atoms with Crippen LogP contribution in [0.1, 0.15) is 31.4 Å². The van der Waals surface area contributed by atoms with Crippen LogP contribution in [0, 0.1) is 0 Å². The predicted molar refractivity (Wildman–Crippen MR) is 71.0 cm³/mol. The smallest absolute Gasteiger partial charge is 0.0449 e. The lowest BCUT2D eigenvalue weighted by molar-refractivity contribution is 0.265. The molecule has 0 spiro atoms. The van der Waals surface area contributed by atoms with Crippen molar-refractivity contribution in [2.45, 2.75) is 30.7 Å². The molecule has 1 aromatic rings. The molecule has 16 heavy (non-hydrogen) atoms. The van der Waals surface area contributed by atoms with E-state index in [0.717, 1.165) is 19.4 Å². The number of rotatable bonds is 7. The lowest BCUT2D eigenvalue weighted by Gasteiger charge is -2.18. The van der Waals surface area contributed by atoms with Gasteiger partial charge in [0.15, 0.2) is 0 Å². The van der Waals surface area contributed by atoms with Crippen molar-refractivity contribution in [2.24, 2.45) is 0 Å². The van der Waals surface area contributed by atoms with Crippen molar-refractivity contribution >= 4 is 11.8 Å². The van der Waals surface area contributed by atoms with Gasteiger partial charge in [-0.1, -0.05) is 19.1 Å². The Morgan fingerprint density at radius 1 is 1.31 bits per heavy atom. The van der Waals surface area contributed by atoms with Crippen LogP contribution < -0.4 is 5.32 Å². The molecule has 3 heteroatoms. The van der Waals surface area contributed by atoms with E-state index in [-0.39, 0.29) is 12.6 Å². The molecule has 90 valence electrons. The van der Waals surface area contributed by atoms with Gasteiger partial charge < -0.3 is 10.4 Å². The molecule has 2 nitrogen and oxygen atoms in total. The Hall–Kier alpha value is -0.510. The maximum absolute atomic E-state index is 9.05. The molecule has 1 aromatic carbocycles. The first-order valence-corrected chi connectivity index (χ1v) is 7.02. The first-order valence-electron chi connectivity index (χ1n) is 5.80. The van der Waals surface area contributed by atoms with Crippen molar-refractivity contribution in [3.63, 3.8) is 0 Å². The first-order chi connectivity index (χ1) is 7.81. The minimum atomic E-state index is 0.228. The first kappa shape index (κ1) is 13.6. The van der Waals surface area contributed by atoms with Crippen molar-refractivity contribution < 1.29 is 5.11 Å². The van der Waals surface area contributed by atoms with Crippen LogP contribution in [0.25, 0.3) is 0 Å². The van der Waals surface area contributed by atoms with Crippen LogP contribution in [0.4, 0.5) is 0 Å². The van der Waals surface area contributed by atoms with Crippen LogP contribution in [-0.2, 0) is 0 Å². The molecular weight excluding hydrogens is 218 g/mol. The number of hydrogen-bond acceptors (Lipinski definition) is 3. The Morgan fingerprint density at radius 3 is 2.50 bits per heavy atom. The second kappa shape index (κ2) is 7.71. The van der Waals surface area contributed by atoms with E-state index in [1.165, 1.54) is 10.5 Å². The molecule has 1 unspecified atom stereocenters. The molecule has 0 heterocycles. The van der Waals surface area contributed by atoms with E-state index in [2.05, 4.69) is 42.8 Å². The fourth-order valence-corrected chi connectivity index (χ4v) is 2.08. The number of thioether (sulfide) groups is 1. The van der Waals surface area contributed by atoms with Crippen molar-refractivity contribution in [3.05, 3.63) is 29.8 Å². The topological polar surface area (TPSA) is 32.3 Å². The third-order valence-corrected chi connectivity index (χ3v) is 3.32. The molecule has 0 saturated carbocycles. The summed E-state index contributed by atoms with van der Waals surface area (Å²) in [4.78, 5) is 1.28. The van der Waals surface area contributed by atoms with E-state index in [4.69, 9.17) is 5.11 Å². The van der Waals surface area contributed by atoms with Gasteiger partial charge in [0.1, 0.15) is 0 Å². The lowest BCUT2D eigenvalue weighted by atomic mass is 10.0. The zero-order valence-electron chi connectivity index (χ0n) is 10.1. The molecular formula is C13H21NOS. The fraction of sp³-hybridized carbons (Fsp3) is 0.538. The fourth-order valence-electron chi connectivity index (χ4n) is 1.67. The van der Waals surface area contributed by atoms with E-state index >= 15 is 0 Å². The Kier molecular flexibility index (Phi) is 6.53. The number of aliphatic hydroxyl groups is 1. The van der Waals surface area contributed by atoms with E-state index in [1.54, 1.807) is 11.8 Å². The van der Waals surface area contributed by atoms with Crippen LogP contribution in [0.3, 0.4) is 0 Å². The van der Waals surface area contributed by atoms with Crippen LogP contribution in [0.15, 0.2) is 29.2 Å². The SMILES string of the molecule is CCCNC(CCO)c1ccc(SC)cc1. The molecule has 0 saturated heterocycles. The third-order valence-electron chi connectivity index (χ3n) is 2.58. The summed E-state index contributed by atoms with van der Waals surface area (Å²) in [6, 6.07) is 8.85. The molecule has 0 aromatic heterocycles. The second-order valence-corrected chi connectivity index (χ2v) is 4.67. The summed E-state index contributed by atoms with van der Waals surface area (Å²) in [5, 5.41) is 12.5. The Morgan fingerprint density at radius 2 is 2.00 bits per heavy atom. The predicted octanol–water partition coefficient (Wildman–Crippen LogP) is 2.83. The Balaban J connectivity index is 2.67. The van der Waals surface area contributed by atoms with E-state index in [0.29, 0.717) is 0 Å². The molecule has 0 fully saturated rings. The highest BCUT2D eigenvalue weighted by atomic mass is 32.2. The summed E-state index contributed by atoms with van der Waals surface area (Å²) in [6.07, 6.45) is 3.97. The Bertz CT molecular complexity index is 286. The van der Waals surface area contributed by atoms with Gasteiger partial charge in [-0.05, 0) is 43.3 Å². The van der Waals surface area contributed by atoms with Gasteiger partial charge in [0.25, 0.3) is 0 Å². The summed E-state index contributed by atoms with van der Waals surface area (Å²) in [5.74, 6) is 0. The summed E-state index contributed by atoms with van der Waals surface area (Å²) in [6.45, 7) is 3.38. The minimum absolute atomic E-state index is 0.228. The molecule has 1 rings (SSSR count). The minimum Gasteiger partial charge on any atom is -0.396 e. The van der Waals surface area contributed by atoms with E-state index < -0.39 is 0 Å². The van der Waals surface area contributed by atoms with Crippen LogP contribution >= 0.6 is 11.8 Å². The third kappa shape index (κ3) is 4.16. The molecule has 2 N–H and O–H groups in total. The van der Waals surface area contributed by atoms with Crippen molar-refractivity contribution in [1.29, 1.82) is 0 Å². The van der Waals surface area contributed by atoms with Gasteiger partial charge in [-0.2, -0.15) is 0 Å². The molecule has 0 radical (unpaired) electrons. The monoisotopic (exact) mass is 239 g/mol.